The van der Waals surface area contributed by atoms with Gasteiger partial charge in [0.15, 0.2) is 0 Å². The highest BCUT2D eigenvalue weighted by atomic mass is 16.2. The van der Waals surface area contributed by atoms with Crippen molar-refractivity contribution in [2.75, 3.05) is 5.32 Å². The summed E-state index contributed by atoms with van der Waals surface area (Å²) < 4.78 is 0. The van der Waals surface area contributed by atoms with Gasteiger partial charge >= 0.3 is 0 Å². The maximum absolute atomic E-state index is 12.4. The van der Waals surface area contributed by atoms with Gasteiger partial charge in [0, 0.05) is 5.92 Å². The van der Waals surface area contributed by atoms with Gasteiger partial charge in [0.2, 0.25) is 5.91 Å². The fourth-order valence-electron chi connectivity index (χ4n) is 4.76. The summed E-state index contributed by atoms with van der Waals surface area (Å²) >= 11 is 0. The molecule has 0 unspecified atom stereocenters. The predicted molar refractivity (Wildman–Crippen MR) is 63.3 cm³/mol. The average molecular weight is 247 g/mol. The molecule has 1 amide bonds. The molecule has 6 heteroatoms. The van der Waals surface area contributed by atoms with E-state index in [1.165, 1.54) is 32.1 Å². The lowest BCUT2D eigenvalue weighted by atomic mass is 9.51. The first kappa shape index (κ1) is 10.5. The maximum Gasteiger partial charge on any atom is 0.269 e. The summed E-state index contributed by atoms with van der Waals surface area (Å²) in [5.41, 5.74) is 0. The number of tetrazole rings is 1. The van der Waals surface area contributed by atoms with Crippen LogP contribution in [0.15, 0.2) is 0 Å². The van der Waals surface area contributed by atoms with Gasteiger partial charge in [-0.1, -0.05) is 5.10 Å². The molecule has 0 spiro atoms. The van der Waals surface area contributed by atoms with Crippen molar-refractivity contribution in [1.29, 1.82) is 0 Å². The fraction of sp³-hybridized carbons (Fsp3) is 0.833. The monoisotopic (exact) mass is 247 g/mol. The summed E-state index contributed by atoms with van der Waals surface area (Å²) in [5.74, 6) is 3.54. The summed E-state index contributed by atoms with van der Waals surface area (Å²) in [6.45, 7) is 0. The van der Waals surface area contributed by atoms with Gasteiger partial charge in [0.1, 0.15) is 0 Å². The van der Waals surface area contributed by atoms with Crippen LogP contribution < -0.4 is 5.32 Å². The summed E-state index contributed by atoms with van der Waals surface area (Å²) in [5, 5.41) is 16.2. The highest BCUT2D eigenvalue weighted by Crippen LogP contribution is 2.56. The second-order valence-corrected chi connectivity index (χ2v) is 6.18. The number of amides is 1. The molecule has 0 aliphatic heterocycles. The average Bonchev–Trinajstić information content (AvgIpc) is 2.80. The molecule has 18 heavy (non-hydrogen) atoms. The number of hydrogen-bond acceptors (Lipinski definition) is 4. The van der Waals surface area contributed by atoms with Gasteiger partial charge in [-0.15, -0.1) is 5.10 Å². The molecule has 4 fully saturated rings. The van der Waals surface area contributed by atoms with E-state index in [-0.39, 0.29) is 11.8 Å². The number of hydrogen-bond donors (Lipinski definition) is 2. The van der Waals surface area contributed by atoms with Crippen molar-refractivity contribution in [1.82, 2.24) is 20.6 Å². The summed E-state index contributed by atoms with van der Waals surface area (Å²) in [4.78, 5) is 12.4. The molecule has 4 saturated carbocycles. The Morgan fingerprint density at radius 3 is 2.33 bits per heavy atom. The SMILES string of the molecule is O=C(Nc1nn[nH]n1)C1C2CC3CC(C2)CC1C3. The van der Waals surface area contributed by atoms with Gasteiger partial charge in [-0.25, -0.2) is 0 Å². The van der Waals surface area contributed by atoms with E-state index >= 15 is 0 Å². The topological polar surface area (TPSA) is 83.6 Å². The van der Waals surface area contributed by atoms with Crippen molar-refractivity contribution in [2.24, 2.45) is 29.6 Å². The first-order chi connectivity index (χ1) is 8.79. The molecule has 4 bridgehead atoms. The minimum Gasteiger partial charge on any atom is -0.292 e. The van der Waals surface area contributed by atoms with Crippen LogP contribution in [0.1, 0.15) is 32.1 Å². The van der Waals surface area contributed by atoms with E-state index in [4.69, 9.17) is 0 Å². The van der Waals surface area contributed by atoms with E-state index in [1.54, 1.807) is 0 Å². The molecule has 2 N–H and O–H groups in total. The Hall–Kier alpha value is -1.46. The molecular formula is C12H17N5O. The lowest BCUT2D eigenvalue weighted by Crippen LogP contribution is -2.49. The van der Waals surface area contributed by atoms with Crippen LogP contribution in [0.4, 0.5) is 5.95 Å². The molecule has 4 aliphatic carbocycles. The zero-order valence-electron chi connectivity index (χ0n) is 10.2. The highest BCUT2D eigenvalue weighted by Gasteiger charge is 2.50. The molecular weight excluding hydrogens is 230 g/mol. The van der Waals surface area contributed by atoms with Gasteiger partial charge in [0.05, 0.1) is 0 Å². The second kappa shape index (κ2) is 3.76. The van der Waals surface area contributed by atoms with Crippen LogP contribution in [-0.2, 0) is 4.79 Å². The zero-order valence-corrected chi connectivity index (χ0v) is 10.2. The van der Waals surface area contributed by atoms with Crippen LogP contribution in [0.5, 0.6) is 0 Å². The van der Waals surface area contributed by atoms with Crippen LogP contribution in [0, 0.1) is 29.6 Å². The Balaban J connectivity index is 1.52. The Bertz CT molecular complexity index is 429. The molecule has 0 atom stereocenters. The largest absolute Gasteiger partial charge is 0.292 e. The Kier molecular flexibility index (Phi) is 2.19. The quantitative estimate of drug-likeness (QED) is 0.822. The van der Waals surface area contributed by atoms with Crippen molar-refractivity contribution in [2.45, 2.75) is 32.1 Å². The van der Waals surface area contributed by atoms with E-state index in [9.17, 15) is 4.79 Å². The number of rotatable bonds is 2. The minimum absolute atomic E-state index is 0.102. The molecule has 0 saturated heterocycles. The van der Waals surface area contributed by atoms with Crippen molar-refractivity contribution < 1.29 is 4.79 Å². The van der Waals surface area contributed by atoms with Crippen LogP contribution in [0.2, 0.25) is 0 Å². The van der Waals surface area contributed by atoms with Crippen molar-refractivity contribution >= 4 is 11.9 Å². The van der Waals surface area contributed by atoms with Gasteiger partial charge in [-0.3, -0.25) is 10.1 Å². The normalized spacial score (nSPS) is 41.0. The number of nitrogens with one attached hydrogen (secondary N) is 2. The smallest absolute Gasteiger partial charge is 0.269 e. The molecule has 6 nitrogen and oxygen atoms in total. The molecule has 1 heterocycles. The van der Waals surface area contributed by atoms with Crippen LogP contribution in [0.3, 0.4) is 0 Å². The van der Waals surface area contributed by atoms with Crippen LogP contribution >= 0.6 is 0 Å². The number of carbonyl (C=O) groups is 1. The first-order valence-electron chi connectivity index (χ1n) is 6.84. The van der Waals surface area contributed by atoms with Gasteiger partial charge in [0.25, 0.3) is 5.95 Å². The zero-order chi connectivity index (χ0) is 12.1. The van der Waals surface area contributed by atoms with E-state index in [0.29, 0.717) is 17.8 Å². The van der Waals surface area contributed by atoms with Gasteiger partial charge in [-0.05, 0) is 61.0 Å². The lowest BCUT2D eigenvalue weighted by molar-refractivity contribution is -0.132. The number of nitrogens with zero attached hydrogens (tertiary/aromatic N) is 3. The van der Waals surface area contributed by atoms with E-state index in [1.807, 2.05) is 0 Å². The number of H-pyrrole nitrogens is 1. The van der Waals surface area contributed by atoms with E-state index in [0.717, 1.165) is 11.8 Å². The molecule has 0 radical (unpaired) electrons. The number of anilines is 1. The number of carbonyl (C=O) groups excluding carboxylic acids is 1. The fourth-order valence-corrected chi connectivity index (χ4v) is 4.76. The van der Waals surface area contributed by atoms with Crippen molar-refractivity contribution in [3.63, 3.8) is 0 Å². The number of aromatic amines is 1. The third-order valence-corrected chi connectivity index (χ3v) is 5.11. The highest BCUT2D eigenvalue weighted by molar-refractivity contribution is 5.91. The third-order valence-electron chi connectivity index (χ3n) is 5.11. The third kappa shape index (κ3) is 1.54. The van der Waals surface area contributed by atoms with Crippen LogP contribution in [-0.4, -0.2) is 26.5 Å². The molecule has 0 aromatic carbocycles. The Morgan fingerprint density at radius 2 is 1.78 bits per heavy atom. The van der Waals surface area contributed by atoms with Crippen molar-refractivity contribution in [3.05, 3.63) is 0 Å². The standard InChI is InChI=1S/C12H17N5O/c18-11(13-12-14-16-17-15-12)10-8-2-6-1-7(4-8)5-9(10)3-6/h6-10H,1-5H2,(H2,13,14,15,16,17,18). The Morgan fingerprint density at radius 1 is 1.11 bits per heavy atom. The molecule has 4 aliphatic rings. The summed E-state index contributed by atoms with van der Waals surface area (Å²) in [6.07, 6.45) is 6.40. The molecule has 96 valence electrons. The van der Waals surface area contributed by atoms with Crippen molar-refractivity contribution in [3.8, 4) is 0 Å². The first-order valence-corrected chi connectivity index (χ1v) is 6.84. The molecule has 5 rings (SSSR count). The van der Waals surface area contributed by atoms with Gasteiger partial charge in [-0.2, -0.15) is 5.21 Å². The van der Waals surface area contributed by atoms with Gasteiger partial charge < -0.3 is 0 Å². The number of aromatic nitrogens is 4. The van der Waals surface area contributed by atoms with E-state index < -0.39 is 0 Å². The van der Waals surface area contributed by atoms with E-state index in [2.05, 4.69) is 25.9 Å². The lowest BCUT2D eigenvalue weighted by Gasteiger charge is -2.53. The minimum atomic E-state index is 0.102. The maximum atomic E-state index is 12.4. The molecule has 1 aromatic heterocycles. The Labute approximate surface area is 105 Å². The second-order valence-electron chi connectivity index (χ2n) is 6.18. The van der Waals surface area contributed by atoms with Crippen LogP contribution in [0.25, 0.3) is 0 Å². The molecule has 1 aromatic rings. The predicted octanol–water partition coefficient (Wildman–Crippen LogP) is 1.21. The summed E-state index contributed by atoms with van der Waals surface area (Å²) in [7, 11) is 0. The summed E-state index contributed by atoms with van der Waals surface area (Å²) in [6, 6.07) is 0.